The van der Waals surface area contributed by atoms with Crippen molar-refractivity contribution >= 4 is 6.03 Å². The average molecular weight is 341 g/mol. The molecule has 0 unspecified atom stereocenters. The van der Waals surface area contributed by atoms with Crippen molar-refractivity contribution in [2.45, 2.75) is 57.5 Å². The van der Waals surface area contributed by atoms with E-state index in [4.69, 9.17) is 0 Å². The number of urea groups is 1. The number of likely N-dealkylation sites (N-methyl/N-ethyl adjacent to an activating group) is 1. The van der Waals surface area contributed by atoms with Crippen LogP contribution in [0.1, 0.15) is 51.9 Å². The zero-order valence-electron chi connectivity index (χ0n) is 15.4. The van der Waals surface area contributed by atoms with Crippen molar-refractivity contribution in [1.82, 2.24) is 20.4 Å². The van der Waals surface area contributed by atoms with Crippen LogP contribution in [0.25, 0.3) is 0 Å². The molecule has 2 aliphatic rings. The molecule has 140 valence electrons. The van der Waals surface area contributed by atoms with Crippen molar-refractivity contribution < 1.29 is 9.90 Å². The zero-order valence-corrected chi connectivity index (χ0v) is 15.4. The molecule has 1 aliphatic heterocycles. The molecular formula is C18H36N4O2. The standard InChI is InChI=1S/C18H36N4O2/c1-2-21-12-14-22(15-13-21)11-7-6-10-19-17(23)20-16-18(24)8-4-3-5-9-18/h24H,2-16H2,1H3,(H2,19,20,23). The topological polar surface area (TPSA) is 67.8 Å². The Kier molecular flexibility index (Phi) is 8.29. The molecule has 1 aliphatic carbocycles. The van der Waals surface area contributed by atoms with Crippen LogP contribution in [0.15, 0.2) is 0 Å². The van der Waals surface area contributed by atoms with Gasteiger partial charge in [0.15, 0.2) is 0 Å². The minimum atomic E-state index is -0.684. The maximum absolute atomic E-state index is 11.8. The predicted molar refractivity (Wildman–Crippen MR) is 97.2 cm³/mol. The molecule has 6 nitrogen and oxygen atoms in total. The fourth-order valence-corrected chi connectivity index (χ4v) is 3.69. The molecule has 0 aromatic rings. The van der Waals surface area contributed by atoms with Crippen LogP contribution in [-0.4, -0.2) is 78.9 Å². The number of rotatable bonds is 8. The van der Waals surface area contributed by atoms with Gasteiger partial charge in [0.1, 0.15) is 0 Å². The Morgan fingerprint density at radius 2 is 1.67 bits per heavy atom. The number of amides is 2. The molecule has 1 heterocycles. The highest BCUT2D eigenvalue weighted by molar-refractivity contribution is 5.73. The maximum Gasteiger partial charge on any atom is 0.314 e. The first-order valence-electron chi connectivity index (χ1n) is 9.80. The lowest BCUT2D eigenvalue weighted by Gasteiger charge is -2.34. The lowest BCUT2D eigenvalue weighted by atomic mass is 9.85. The molecule has 2 fully saturated rings. The summed E-state index contributed by atoms with van der Waals surface area (Å²) >= 11 is 0. The Morgan fingerprint density at radius 3 is 2.33 bits per heavy atom. The van der Waals surface area contributed by atoms with Gasteiger partial charge in [-0.15, -0.1) is 0 Å². The molecule has 1 saturated heterocycles. The Hall–Kier alpha value is -0.850. The summed E-state index contributed by atoms with van der Waals surface area (Å²) in [6.45, 7) is 10.3. The van der Waals surface area contributed by atoms with Crippen molar-refractivity contribution in [1.29, 1.82) is 0 Å². The van der Waals surface area contributed by atoms with Gasteiger partial charge in [-0.25, -0.2) is 4.79 Å². The number of nitrogens with one attached hydrogen (secondary N) is 2. The van der Waals surface area contributed by atoms with Gasteiger partial charge < -0.3 is 25.5 Å². The molecule has 0 spiro atoms. The smallest absolute Gasteiger partial charge is 0.314 e. The second-order valence-corrected chi connectivity index (χ2v) is 7.38. The second-order valence-electron chi connectivity index (χ2n) is 7.38. The van der Waals surface area contributed by atoms with Crippen molar-refractivity contribution in [3.05, 3.63) is 0 Å². The van der Waals surface area contributed by atoms with E-state index in [-0.39, 0.29) is 6.03 Å². The van der Waals surface area contributed by atoms with Crippen molar-refractivity contribution in [3.8, 4) is 0 Å². The molecule has 0 bridgehead atoms. The first-order chi connectivity index (χ1) is 11.6. The van der Waals surface area contributed by atoms with Crippen LogP contribution in [0.4, 0.5) is 4.79 Å². The summed E-state index contributed by atoms with van der Waals surface area (Å²) in [7, 11) is 0. The monoisotopic (exact) mass is 340 g/mol. The second kappa shape index (κ2) is 10.2. The van der Waals surface area contributed by atoms with Crippen LogP contribution in [0.2, 0.25) is 0 Å². The summed E-state index contributed by atoms with van der Waals surface area (Å²) in [6.07, 6.45) is 7.06. The SMILES string of the molecule is CCN1CCN(CCCCNC(=O)NCC2(O)CCCCC2)CC1. The summed E-state index contributed by atoms with van der Waals surface area (Å²) in [5, 5.41) is 16.1. The normalized spacial score (nSPS) is 22.2. The third-order valence-corrected chi connectivity index (χ3v) is 5.46. The van der Waals surface area contributed by atoms with Gasteiger partial charge in [0.25, 0.3) is 0 Å². The summed E-state index contributed by atoms with van der Waals surface area (Å²) in [6, 6.07) is -0.148. The Labute approximate surface area is 147 Å². The number of unbranched alkanes of at least 4 members (excludes halogenated alkanes) is 1. The number of aliphatic hydroxyl groups is 1. The number of piperazine rings is 1. The average Bonchev–Trinajstić information content (AvgIpc) is 2.61. The van der Waals surface area contributed by atoms with Crippen molar-refractivity contribution in [2.75, 3.05) is 52.4 Å². The zero-order chi connectivity index (χ0) is 17.3. The number of nitrogens with zero attached hydrogens (tertiary/aromatic N) is 2. The van der Waals surface area contributed by atoms with Crippen LogP contribution in [0, 0.1) is 0 Å². The number of carbonyl (C=O) groups excluding carboxylic acids is 1. The van der Waals surface area contributed by atoms with Crippen molar-refractivity contribution in [3.63, 3.8) is 0 Å². The van der Waals surface area contributed by atoms with Gasteiger partial charge in [-0.2, -0.15) is 0 Å². The minimum Gasteiger partial charge on any atom is -0.388 e. The van der Waals surface area contributed by atoms with Crippen LogP contribution in [0.3, 0.4) is 0 Å². The molecule has 0 aromatic heterocycles. The van der Waals surface area contributed by atoms with Gasteiger partial charge >= 0.3 is 6.03 Å². The lowest BCUT2D eigenvalue weighted by Crippen LogP contribution is -2.47. The van der Waals surface area contributed by atoms with E-state index in [1.165, 1.54) is 32.6 Å². The molecule has 24 heavy (non-hydrogen) atoms. The van der Waals surface area contributed by atoms with E-state index in [1.54, 1.807) is 0 Å². The predicted octanol–water partition coefficient (Wildman–Crippen LogP) is 1.40. The van der Waals surface area contributed by atoms with E-state index in [1.807, 2.05) is 0 Å². The van der Waals surface area contributed by atoms with Crippen LogP contribution < -0.4 is 10.6 Å². The molecule has 0 radical (unpaired) electrons. The summed E-state index contributed by atoms with van der Waals surface area (Å²) < 4.78 is 0. The number of carbonyl (C=O) groups is 1. The summed E-state index contributed by atoms with van der Waals surface area (Å²) in [4.78, 5) is 16.8. The lowest BCUT2D eigenvalue weighted by molar-refractivity contribution is 0.00720. The van der Waals surface area contributed by atoms with E-state index in [0.717, 1.165) is 51.6 Å². The first kappa shape index (κ1) is 19.5. The van der Waals surface area contributed by atoms with Gasteiger partial charge in [0, 0.05) is 39.3 Å². The highest BCUT2D eigenvalue weighted by atomic mass is 16.3. The highest BCUT2D eigenvalue weighted by Crippen LogP contribution is 2.27. The molecule has 6 heteroatoms. The van der Waals surface area contributed by atoms with E-state index in [9.17, 15) is 9.90 Å². The van der Waals surface area contributed by atoms with E-state index < -0.39 is 5.60 Å². The fraction of sp³-hybridized carbons (Fsp3) is 0.944. The van der Waals surface area contributed by atoms with Crippen LogP contribution in [-0.2, 0) is 0 Å². The van der Waals surface area contributed by atoms with Crippen LogP contribution >= 0.6 is 0 Å². The van der Waals surface area contributed by atoms with Crippen LogP contribution in [0.5, 0.6) is 0 Å². The number of hydrogen-bond donors (Lipinski definition) is 3. The first-order valence-corrected chi connectivity index (χ1v) is 9.80. The van der Waals surface area contributed by atoms with Crippen molar-refractivity contribution in [2.24, 2.45) is 0 Å². The van der Waals surface area contributed by atoms with Gasteiger partial charge in [-0.3, -0.25) is 0 Å². The maximum atomic E-state index is 11.8. The molecular weight excluding hydrogens is 304 g/mol. The fourth-order valence-electron chi connectivity index (χ4n) is 3.69. The van der Waals surface area contributed by atoms with E-state index in [0.29, 0.717) is 13.1 Å². The van der Waals surface area contributed by atoms with Gasteiger partial charge in [-0.05, 0) is 38.8 Å². The Balaban J connectivity index is 1.46. The quantitative estimate of drug-likeness (QED) is 0.584. The third kappa shape index (κ3) is 6.95. The Morgan fingerprint density at radius 1 is 1.00 bits per heavy atom. The molecule has 0 aromatic carbocycles. The number of hydrogen-bond acceptors (Lipinski definition) is 4. The largest absolute Gasteiger partial charge is 0.388 e. The minimum absolute atomic E-state index is 0.148. The van der Waals surface area contributed by atoms with E-state index >= 15 is 0 Å². The highest BCUT2D eigenvalue weighted by Gasteiger charge is 2.29. The molecule has 1 saturated carbocycles. The Bertz CT molecular complexity index is 364. The molecule has 3 N–H and O–H groups in total. The summed E-state index contributed by atoms with van der Waals surface area (Å²) in [5.41, 5.74) is -0.684. The molecule has 2 rings (SSSR count). The summed E-state index contributed by atoms with van der Waals surface area (Å²) in [5.74, 6) is 0. The molecule has 0 atom stereocenters. The van der Waals surface area contributed by atoms with Gasteiger partial charge in [-0.1, -0.05) is 26.2 Å². The van der Waals surface area contributed by atoms with E-state index in [2.05, 4.69) is 27.4 Å². The van der Waals surface area contributed by atoms with Gasteiger partial charge in [0.05, 0.1) is 5.60 Å². The van der Waals surface area contributed by atoms with Gasteiger partial charge in [0.2, 0.25) is 0 Å². The molecule has 2 amide bonds. The third-order valence-electron chi connectivity index (χ3n) is 5.46.